The number of carbonyl (C=O) groups excluding carboxylic acids is 1. The van der Waals surface area contributed by atoms with Gasteiger partial charge in [0.05, 0.1) is 0 Å². The fourth-order valence-corrected chi connectivity index (χ4v) is 2.69. The first-order chi connectivity index (χ1) is 10.0. The Morgan fingerprint density at radius 2 is 2.14 bits per heavy atom. The van der Waals surface area contributed by atoms with E-state index in [1.165, 1.54) is 6.07 Å². The van der Waals surface area contributed by atoms with Crippen molar-refractivity contribution in [1.29, 1.82) is 0 Å². The molecule has 0 radical (unpaired) electrons. The molecular weight excluding hydrogens is 287 g/mol. The molecule has 0 spiro atoms. The standard InChI is InChI=1S/C16H25FN2OS/c1-4-13(2)11-19(3)16(20)18-9-10-21-12-14-7-5-6-8-15(14)17/h5-8,13H,4,9-12H2,1-3H3,(H,18,20). The van der Waals surface area contributed by atoms with Crippen LogP contribution in [-0.2, 0) is 5.75 Å². The van der Waals surface area contributed by atoms with E-state index in [1.807, 2.05) is 13.1 Å². The van der Waals surface area contributed by atoms with Crippen LogP contribution >= 0.6 is 11.8 Å². The summed E-state index contributed by atoms with van der Waals surface area (Å²) in [6.45, 7) is 5.62. The molecule has 0 aliphatic rings. The molecule has 0 aliphatic carbocycles. The summed E-state index contributed by atoms with van der Waals surface area (Å²) in [5, 5.41) is 2.89. The van der Waals surface area contributed by atoms with Gasteiger partial charge < -0.3 is 10.2 Å². The molecule has 1 atom stereocenters. The van der Waals surface area contributed by atoms with Crippen molar-refractivity contribution in [3.05, 3.63) is 35.6 Å². The zero-order chi connectivity index (χ0) is 15.7. The smallest absolute Gasteiger partial charge is 0.317 e. The van der Waals surface area contributed by atoms with Crippen LogP contribution in [0.1, 0.15) is 25.8 Å². The van der Waals surface area contributed by atoms with Crippen molar-refractivity contribution in [2.75, 3.05) is 25.9 Å². The molecule has 0 saturated heterocycles. The Morgan fingerprint density at radius 3 is 2.81 bits per heavy atom. The summed E-state index contributed by atoms with van der Waals surface area (Å²) in [7, 11) is 1.81. The lowest BCUT2D eigenvalue weighted by Crippen LogP contribution is -2.40. The molecule has 0 fully saturated rings. The largest absolute Gasteiger partial charge is 0.337 e. The quantitative estimate of drug-likeness (QED) is 0.742. The maximum absolute atomic E-state index is 13.4. The first kappa shape index (κ1) is 17.8. The molecule has 5 heteroatoms. The Hall–Kier alpha value is -1.23. The van der Waals surface area contributed by atoms with Crippen LogP contribution in [0.25, 0.3) is 0 Å². The highest BCUT2D eigenvalue weighted by molar-refractivity contribution is 7.98. The molecule has 1 unspecified atom stereocenters. The third-order valence-corrected chi connectivity index (χ3v) is 4.38. The van der Waals surface area contributed by atoms with E-state index >= 15 is 0 Å². The highest BCUT2D eigenvalue weighted by Crippen LogP contribution is 2.14. The molecular formula is C16H25FN2OS. The van der Waals surface area contributed by atoms with Crippen LogP contribution in [0.15, 0.2) is 24.3 Å². The van der Waals surface area contributed by atoms with Gasteiger partial charge in [-0.05, 0) is 17.5 Å². The number of rotatable bonds is 8. The van der Waals surface area contributed by atoms with Crippen LogP contribution in [0, 0.1) is 11.7 Å². The van der Waals surface area contributed by atoms with Gasteiger partial charge in [0, 0.05) is 31.6 Å². The van der Waals surface area contributed by atoms with E-state index < -0.39 is 0 Å². The number of thioether (sulfide) groups is 1. The van der Waals surface area contributed by atoms with E-state index in [4.69, 9.17) is 0 Å². The number of nitrogens with zero attached hydrogens (tertiary/aromatic N) is 1. The van der Waals surface area contributed by atoms with Crippen LogP contribution in [-0.4, -0.2) is 36.8 Å². The highest BCUT2D eigenvalue weighted by Gasteiger charge is 2.10. The summed E-state index contributed by atoms with van der Waals surface area (Å²) in [6.07, 6.45) is 1.07. The van der Waals surface area contributed by atoms with Gasteiger partial charge in [0.25, 0.3) is 0 Å². The van der Waals surface area contributed by atoms with Gasteiger partial charge in [0.1, 0.15) is 5.82 Å². The molecule has 21 heavy (non-hydrogen) atoms. The second-order valence-electron chi connectivity index (χ2n) is 5.27. The summed E-state index contributed by atoms with van der Waals surface area (Å²) in [4.78, 5) is 13.5. The SMILES string of the molecule is CCC(C)CN(C)C(=O)NCCSCc1ccccc1F. The molecule has 0 bridgehead atoms. The van der Waals surface area contributed by atoms with Crippen molar-refractivity contribution < 1.29 is 9.18 Å². The Bertz CT molecular complexity index is 442. The average molecular weight is 312 g/mol. The number of amides is 2. The molecule has 1 aromatic rings. The van der Waals surface area contributed by atoms with Gasteiger partial charge in [0.15, 0.2) is 0 Å². The lowest BCUT2D eigenvalue weighted by atomic mass is 10.1. The fraction of sp³-hybridized carbons (Fsp3) is 0.562. The van der Waals surface area contributed by atoms with Crippen LogP contribution in [0.2, 0.25) is 0 Å². The van der Waals surface area contributed by atoms with E-state index in [-0.39, 0.29) is 11.8 Å². The van der Waals surface area contributed by atoms with Gasteiger partial charge in [-0.15, -0.1) is 0 Å². The number of halogens is 1. The maximum Gasteiger partial charge on any atom is 0.317 e. The highest BCUT2D eigenvalue weighted by atomic mass is 32.2. The zero-order valence-electron chi connectivity index (χ0n) is 13.1. The van der Waals surface area contributed by atoms with Crippen LogP contribution in [0.4, 0.5) is 9.18 Å². The number of benzene rings is 1. The van der Waals surface area contributed by atoms with Crippen molar-refractivity contribution in [1.82, 2.24) is 10.2 Å². The number of urea groups is 1. The predicted octanol–water partition coefficient (Wildman–Crippen LogP) is 3.75. The maximum atomic E-state index is 13.4. The van der Waals surface area contributed by atoms with Crippen molar-refractivity contribution in [2.45, 2.75) is 26.0 Å². The Balaban J connectivity index is 2.16. The first-order valence-corrected chi connectivity index (χ1v) is 8.50. The molecule has 2 amide bonds. The Labute approximate surface area is 131 Å². The van der Waals surface area contributed by atoms with Gasteiger partial charge in [-0.3, -0.25) is 0 Å². The minimum Gasteiger partial charge on any atom is -0.337 e. The lowest BCUT2D eigenvalue weighted by Gasteiger charge is -2.21. The molecule has 1 N–H and O–H groups in total. The predicted molar refractivity (Wildman–Crippen MR) is 88.0 cm³/mol. The van der Waals surface area contributed by atoms with E-state index in [0.29, 0.717) is 23.8 Å². The molecule has 0 saturated carbocycles. The third-order valence-electron chi connectivity index (χ3n) is 3.37. The van der Waals surface area contributed by atoms with Crippen molar-refractivity contribution >= 4 is 17.8 Å². The molecule has 3 nitrogen and oxygen atoms in total. The van der Waals surface area contributed by atoms with Gasteiger partial charge in [-0.2, -0.15) is 11.8 Å². The van der Waals surface area contributed by atoms with Crippen molar-refractivity contribution in [3.63, 3.8) is 0 Å². The fourth-order valence-electron chi connectivity index (χ4n) is 1.84. The Kier molecular flexibility index (Phi) is 8.20. The minimum atomic E-state index is -0.165. The van der Waals surface area contributed by atoms with E-state index in [0.717, 1.165) is 18.7 Å². The number of hydrogen-bond acceptors (Lipinski definition) is 2. The third kappa shape index (κ3) is 6.85. The van der Waals surface area contributed by atoms with Crippen molar-refractivity contribution in [3.8, 4) is 0 Å². The summed E-state index contributed by atoms with van der Waals surface area (Å²) in [5.74, 6) is 1.75. The molecule has 118 valence electrons. The van der Waals surface area contributed by atoms with Crippen molar-refractivity contribution in [2.24, 2.45) is 5.92 Å². The van der Waals surface area contributed by atoms with E-state index in [9.17, 15) is 9.18 Å². The molecule has 0 aromatic heterocycles. The second kappa shape index (κ2) is 9.66. The summed E-state index contributed by atoms with van der Waals surface area (Å²) in [6, 6.07) is 6.76. The number of hydrogen-bond donors (Lipinski definition) is 1. The van der Waals surface area contributed by atoms with Crippen LogP contribution < -0.4 is 5.32 Å². The molecule has 0 aliphatic heterocycles. The second-order valence-corrected chi connectivity index (χ2v) is 6.38. The minimum absolute atomic E-state index is 0.0400. The van der Waals surface area contributed by atoms with Gasteiger partial charge >= 0.3 is 6.03 Å². The van der Waals surface area contributed by atoms with Crippen LogP contribution in [0.3, 0.4) is 0 Å². The summed E-state index contributed by atoms with van der Waals surface area (Å²) in [5.41, 5.74) is 0.711. The topological polar surface area (TPSA) is 32.3 Å². The monoisotopic (exact) mass is 312 g/mol. The van der Waals surface area contributed by atoms with E-state index in [2.05, 4.69) is 19.2 Å². The van der Waals surface area contributed by atoms with Gasteiger partial charge in [-0.25, -0.2) is 9.18 Å². The lowest BCUT2D eigenvalue weighted by molar-refractivity contribution is 0.202. The zero-order valence-corrected chi connectivity index (χ0v) is 13.9. The molecule has 1 rings (SSSR count). The Morgan fingerprint density at radius 1 is 1.43 bits per heavy atom. The van der Waals surface area contributed by atoms with E-state index in [1.54, 1.807) is 28.8 Å². The normalized spacial score (nSPS) is 12.0. The molecule has 1 aromatic carbocycles. The van der Waals surface area contributed by atoms with Crippen LogP contribution in [0.5, 0.6) is 0 Å². The number of carbonyl (C=O) groups is 1. The summed E-state index contributed by atoms with van der Waals surface area (Å²) < 4.78 is 13.4. The van der Waals surface area contributed by atoms with Gasteiger partial charge in [-0.1, -0.05) is 38.5 Å². The number of nitrogens with one attached hydrogen (secondary N) is 1. The first-order valence-electron chi connectivity index (χ1n) is 7.34. The average Bonchev–Trinajstić information content (AvgIpc) is 2.48. The van der Waals surface area contributed by atoms with Gasteiger partial charge in [0.2, 0.25) is 0 Å². The molecule has 0 heterocycles. The summed E-state index contributed by atoms with van der Waals surface area (Å²) >= 11 is 1.62.